The molecule has 0 aliphatic heterocycles. The van der Waals surface area contributed by atoms with Gasteiger partial charge in [0.15, 0.2) is 0 Å². The van der Waals surface area contributed by atoms with E-state index in [-0.39, 0.29) is 28.4 Å². The molecule has 2 aromatic carbocycles. The first kappa shape index (κ1) is 45.0. The number of carbonyl (C=O) groups excluding carboxylic acids is 3. The minimum atomic E-state index is -1.15. The van der Waals surface area contributed by atoms with Crippen molar-refractivity contribution in [1.82, 2.24) is 15.0 Å². The summed E-state index contributed by atoms with van der Waals surface area (Å²) in [5, 5.41) is 18.9. The van der Waals surface area contributed by atoms with Gasteiger partial charge in [-0.05, 0) is 62.9 Å². The third-order valence-electron chi connectivity index (χ3n) is 7.59. The number of aromatic nitrogens is 3. The molecule has 0 saturated carbocycles. The Hall–Kier alpha value is -5.68. The Morgan fingerprint density at radius 2 is 1.34 bits per heavy atom. The average Bonchev–Trinajstić information content (AvgIpc) is 3.83. The summed E-state index contributed by atoms with van der Waals surface area (Å²) in [5.41, 5.74) is 3.27. The number of pyridine rings is 1. The number of amides is 2. The summed E-state index contributed by atoms with van der Waals surface area (Å²) >= 11 is 11.4. The number of thiophene rings is 2. The number of alkyl halides is 1. The fraction of sp³-hybridized carbons (Fsp3) is 0.195. The molecule has 58 heavy (non-hydrogen) atoms. The van der Waals surface area contributed by atoms with Crippen molar-refractivity contribution in [3.63, 3.8) is 0 Å². The van der Waals surface area contributed by atoms with Crippen LogP contribution in [-0.4, -0.2) is 69.5 Å². The first-order chi connectivity index (χ1) is 27.7. The molecule has 0 spiro atoms. The van der Waals surface area contributed by atoms with Crippen LogP contribution in [0, 0.1) is 6.92 Å². The third kappa shape index (κ3) is 11.7. The van der Waals surface area contributed by atoms with Gasteiger partial charge in [-0.15, -0.1) is 22.7 Å². The highest BCUT2D eigenvalue weighted by molar-refractivity contribution is 9.08. The van der Waals surface area contributed by atoms with Gasteiger partial charge in [0.1, 0.15) is 28.0 Å². The molecule has 2 amide bonds. The lowest BCUT2D eigenvalue weighted by Crippen LogP contribution is -2.25. The third-order valence-corrected chi connectivity index (χ3v) is 9.90. The molecule has 0 unspecified atom stereocenters. The first-order valence-electron chi connectivity index (χ1n) is 17.1. The number of halogens is 2. The molecule has 0 bridgehead atoms. The maximum atomic E-state index is 12.9. The number of rotatable bonds is 10. The van der Waals surface area contributed by atoms with E-state index in [1.165, 1.54) is 67.6 Å². The normalized spacial score (nSPS) is 10.5. The van der Waals surface area contributed by atoms with Gasteiger partial charge in [-0.25, -0.2) is 14.6 Å². The van der Waals surface area contributed by atoms with Crippen LogP contribution < -0.4 is 20.1 Å². The molecule has 0 aliphatic carbocycles. The van der Waals surface area contributed by atoms with E-state index < -0.39 is 29.4 Å². The summed E-state index contributed by atoms with van der Waals surface area (Å²) in [4.78, 5) is 63.2. The van der Waals surface area contributed by atoms with E-state index in [0.29, 0.717) is 32.6 Å². The maximum Gasteiger partial charge on any atom is 0.342 e. The average molecular weight is 909 g/mol. The van der Waals surface area contributed by atoms with E-state index in [0.717, 1.165) is 16.0 Å². The summed E-state index contributed by atoms with van der Waals surface area (Å²) in [5.74, 6) is -0.448. The highest BCUT2D eigenvalue weighted by Crippen LogP contribution is 2.39. The number of anilines is 2. The molecule has 0 atom stereocenters. The molecule has 0 fully saturated rings. The number of carbonyl (C=O) groups is 4. The molecule has 4 aromatic heterocycles. The second kappa shape index (κ2) is 20.7. The number of nitrogens with zero attached hydrogens (tertiary/aromatic N) is 3. The van der Waals surface area contributed by atoms with Crippen molar-refractivity contribution < 1.29 is 38.5 Å². The molecular weight excluding hydrogens is 870 g/mol. The van der Waals surface area contributed by atoms with Crippen LogP contribution in [0.1, 0.15) is 67.9 Å². The molecule has 17 heteroatoms. The van der Waals surface area contributed by atoms with Gasteiger partial charge in [-0.3, -0.25) is 14.6 Å². The number of ether oxygens (including phenoxy) is 3. The Kier molecular flexibility index (Phi) is 16.0. The monoisotopic (exact) mass is 907 g/mol. The van der Waals surface area contributed by atoms with Crippen molar-refractivity contribution >= 4 is 85.3 Å². The quantitative estimate of drug-likeness (QED) is 0.0880. The van der Waals surface area contributed by atoms with Gasteiger partial charge in [0.05, 0.1) is 41.5 Å². The zero-order chi connectivity index (χ0) is 42.6. The van der Waals surface area contributed by atoms with Crippen LogP contribution in [0.2, 0.25) is 5.02 Å². The number of esters is 1. The van der Waals surface area contributed by atoms with Crippen molar-refractivity contribution in [3.05, 3.63) is 123 Å². The first-order valence-corrected chi connectivity index (χ1v) is 20.8. The lowest BCUT2D eigenvalue weighted by atomic mass is 10.1. The lowest BCUT2D eigenvalue weighted by Gasteiger charge is -2.20. The van der Waals surface area contributed by atoms with Crippen LogP contribution in [-0.2, 0) is 4.74 Å². The predicted molar refractivity (Wildman–Crippen MR) is 232 cm³/mol. The zero-order valence-electron chi connectivity index (χ0n) is 32.4. The number of nitrogens with one attached hydrogen (secondary N) is 2. The van der Waals surface area contributed by atoms with Crippen molar-refractivity contribution in [1.29, 1.82) is 0 Å². The van der Waals surface area contributed by atoms with Gasteiger partial charge < -0.3 is 30.0 Å². The fourth-order valence-electron chi connectivity index (χ4n) is 5.03. The maximum absolute atomic E-state index is 12.9. The van der Waals surface area contributed by atoms with Gasteiger partial charge in [-0.1, -0.05) is 69.5 Å². The lowest BCUT2D eigenvalue weighted by molar-refractivity contribution is 0.00718. The SMILES string of the molecule is CBr.COc1ccc(C(=O)Nc2csc(-c3ccc(Cl)cc3)c2C(=O)O)c(OC)n1.Cc1ccc(-c2scc(NC(=O)c3cnccn3)c2C(=O)OC(C)(C)C)cc1. The highest BCUT2D eigenvalue weighted by Gasteiger charge is 2.27. The Labute approximate surface area is 356 Å². The van der Waals surface area contributed by atoms with Crippen molar-refractivity contribution in [2.75, 3.05) is 30.7 Å². The zero-order valence-corrected chi connectivity index (χ0v) is 36.4. The largest absolute Gasteiger partial charge is 0.481 e. The van der Waals surface area contributed by atoms with Gasteiger partial charge in [-0.2, -0.15) is 4.98 Å². The van der Waals surface area contributed by atoms with Gasteiger partial charge in [0, 0.05) is 34.2 Å². The molecular formula is C41H39BrClN5O8S2. The molecule has 6 rings (SSSR count). The standard InChI is InChI=1S/C21H21N3O3S.C19H15ClN2O5S.CH3Br/c1-13-5-7-14(8-6-13)18-17(20(26)27-21(2,3)4)16(12-28-18)24-19(25)15-11-22-9-10-23-15;1-26-14-8-7-12(18(22-14)27-2)17(23)21-13-9-28-16(15(13)19(24)25)10-3-5-11(20)6-4-10;1-2/h5-12H,1-4H3,(H,24,25);3-9H,1-2H3,(H,21,23)(H,24,25);1H3. The van der Waals surface area contributed by atoms with E-state index in [4.69, 9.17) is 25.8 Å². The Balaban J connectivity index is 0.000000246. The summed E-state index contributed by atoms with van der Waals surface area (Å²) in [6.45, 7) is 7.42. The van der Waals surface area contributed by atoms with Crippen molar-refractivity contribution in [3.8, 4) is 32.6 Å². The minimum Gasteiger partial charge on any atom is -0.481 e. The molecule has 0 saturated heterocycles. The summed E-state index contributed by atoms with van der Waals surface area (Å²) in [6, 6.07) is 17.7. The van der Waals surface area contributed by atoms with Crippen LogP contribution in [0.25, 0.3) is 20.9 Å². The van der Waals surface area contributed by atoms with Crippen LogP contribution in [0.4, 0.5) is 11.4 Å². The number of hydrogen-bond donors (Lipinski definition) is 3. The molecule has 3 N–H and O–H groups in total. The second-order valence-corrected chi connectivity index (χ2v) is 15.0. The van der Waals surface area contributed by atoms with Crippen LogP contribution >= 0.6 is 50.2 Å². The topological polar surface area (TPSA) is 179 Å². The van der Waals surface area contributed by atoms with E-state index in [1.807, 2.05) is 37.0 Å². The number of benzene rings is 2. The highest BCUT2D eigenvalue weighted by atomic mass is 79.9. The van der Waals surface area contributed by atoms with Crippen LogP contribution in [0.15, 0.2) is 90.0 Å². The van der Waals surface area contributed by atoms with E-state index in [9.17, 15) is 24.3 Å². The predicted octanol–water partition coefficient (Wildman–Crippen LogP) is 10.2. The second-order valence-electron chi connectivity index (χ2n) is 12.8. The number of carboxylic acids is 1. The van der Waals surface area contributed by atoms with Crippen molar-refractivity contribution in [2.24, 2.45) is 0 Å². The number of aryl methyl sites for hydroxylation is 1. The number of hydrogen-bond acceptors (Lipinski definition) is 12. The number of aromatic carboxylic acids is 1. The minimum absolute atomic E-state index is 0.00103. The molecule has 0 aliphatic rings. The fourth-order valence-corrected chi connectivity index (χ4v) is 7.15. The van der Waals surface area contributed by atoms with E-state index >= 15 is 0 Å². The molecule has 4 heterocycles. The molecule has 0 radical (unpaired) electrons. The van der Waals surface area contributed by atoms with Crippen molar-refractivity contribution in [2.45, 2.75) is 33.3 Å². The van der Waals surface area contributed by atoms with Gasteiger partial charge >= 0.3 is 11.9 Å². The van der Waals surface area contributed by atoms with E-state index in [2.05, 4.69) is 41.5 Å². The van der Waals surface area contributed by atoms with Crippen LogP contribution in [0.3, 0.4) is 0 Å². The number of methoxy groups -OCH3 is 2. The van der Waals surface area contributed by atoms with Gasteiger partial charge in [0.25, 0.3) is 11.8 Å². The van der Waals surface area contributed by atoms with Crippen LogP contribution in [0.5, 0.6) is 11.8 Å². The van der Waals surface area contributed by atoms with Gasteiger partial charge in [0.2, 0.25) is 11.8 Å². The Morgan fingerprint density at radius 3 is 1.88 bits per heavy atom. The Bertz CT molecular complexity index is 2370. The molecule has 6 aromatic rings. The molecule has 302 valence electrons. The summed E-state index contributed by atoms with van der Waals surface area (Å²) < 4.78 is 15.7. The number of carboxylic acid groups (broad SMARTS) is 1. The Morgan fingerprint density at radius 1 is 0.776 bits per heavy atom. The summed E-state index contributed by atoms with van der Waals surface area (Å²) in [7, 11) is 2.83. The van der Waals surface area contributed by atoms with E-state index in [1.54, 1.807) is 55.8 Å². The molecule has 13 nitrogen and oxygen atoms in total. The smallest absolute Gasteiger partial charge is 0.342 e. The summed E-state index contributed by atoms with van der Waals surface area (Å²) in [6.07, 6.45) is 4.30.